The van der Waals surface area contributed by atoms with Crippen molar-refractivity contribution in [2.45, 2.75) is 205 Å². The Morgan fingerprint density at radius 2 is 1.56 bits per heavy atom. The van der Waals surface area contributed by atoms with Crippen LogP contribution in [0.25, 0.3) is 0 Å². The average Bonchev–Trinajstić information content (AvgIpc) is 4.12. The number of benzene rings is 2. The first-order valence-electron chi connectivity index (χ1n) is 28.0. The fraction of sp³-hybridized carbons (Fsp3) is 0.661. The summed E-state index contributed by atoms with van der Waals surface area (Å²) in [5.74, 6) is -1.24. The molecule has 3 saturated carbocycles. The first kappa shape index (κ1) is 59.9. The van der Waals surface area contributed by atoms with Crippen molar-refractivity contribution in [3.05, 3.63) is 57.6 Å². The van der Waals surface area contributed by atoms with Crippen molar-refractivity contribution < 1.29 is 56.3 Å². The number of hydrogen-bond donors (Lipinski definition) is 7. The van der Waals surface area contributed by atoms with Crippen molar-refractivity contribution in [1.82, 2.24) is 30.9 Å². The zero-order chi connectivity index (χ0) is 56.9. The molecule has 5 amide bonds. The highest BCUT2D eigenvalue weighted by atomic mass is 32.2. The maximum atomic E-state index is 13.8. The van der Waals surface area contributed by atoms with Crippen LogP contribution in [0, 0.1) is 38.0 Å². The van der Waals surface area contributed by atoms with Gasteiger partial charge in [0.1, 0.15) is 23.4 Å². The quantitative estimate of drug-likeness (QED) is 0.0292. The maximum absolute atomic E-state index is 13.8. The third-order valence-electron chi connectivity index (χ3n) is 17.1. The number of sulfonamides is 1. The van der Waals surface area contributed by atoms with Gasteiger partial charge in [0.15, 0.2) is 0 Å². The highest BCUT2D eigenvalue weighted by Gasteiger charge is 2.69. The lowest BCUT2D eigenvalue weighted by molar-refractivity contribution is -0.199. The molecule has 20 nitrogen and oxygen atoms in total. The Balaban J connectivity index is 0.819. The molecule has 428 valence electrons. The molecular formula is C56H83BN8O12S. The lowest BCUT2D eigenvalue weighted by Gasteiger charge is -2.64. The van der Waals surface area contributed by atoms with Crippen molar-refractivity contribution in [3.8, 4) is 5.75 Å². The van der Waals surface area contributed by atoms with Crippen molar-refractivity contribution >= 4 is 58.6 Å². The Kier molecular flexibility index (Phi) is 19.0. The summed E-state index contributed by atoms with van der Waals surface area (Å²) in [6.45, 7) is 18.8. The Morgan fingerprint density at radius 1 is 0.872 bits per heavy atom. The molecule has 1 unspecified atom stereocenters. The van der Waals surface area contributed by atoms with E-state index in [0.717, 1.165) is 42.4 Å². The van der Waals surface area contributed by atoms with E-state index in [1.54, 1.807) is 45.0 Å². The van der Waals surface area contributed by atoms with Crippen molar-refractivity contribution in [3.63, 3.8) is 0 Å². The van der Waals surface area contributed by atoms with Gasteiger partial charge in [0, 0.05) is 63.0 Å². The van der Waals surface area contributed by atoms with Crippen LogP contribution in [0.4, 0.5) is 0 Å². The standard InChI is InChI=1S/C56H83BN8O12S/c1-33-34(2)49(35(3)40-31-54(5,6)75-48(33)40)78(73,74)64-53(58)60-27-15-17-41(63-46(67)20-11-10-12-21-47(68)69)51(71)59-26-14-13-19-45(66)61-32-37-22-24-38(25-23-37)50(70)62-36(4)52(72)65-28-16-18-44(65)57-76-43-30-39-29-42(55(39,7)8)56(43,9)77-57/h22-25,36,39,41-44H,10-21,26-32H2,1-9H3,(H,59,71)(H,61,66)(H,62,70)(H,63,67)(H,68,69)(H3,58,60,64)/t36-,39+,41+,42+,43?,44+,56+/m1/s1. The number of rotatable bonds is 25. The minimum Gasteiger partial charge on any atom is -0.487 e. The highest BCUT2D eigenvalue weighted by molar-refractivity contribution is 7.90. The minimum atomic E-state index is -4.13. The van der Waals surface area contributed by atoms with E-state index in [-0.39, 0.29) is 109 Å². The molecule has 3 aliphatic heterocycles. The molecule has 22 heteroatoms. The summed E-state index contributed by atoms with van der Waals surface area (Å²) >= 11 is 0. The summed E-state index contributed by atoms with van der Waals surface area (Å²) in [7, 11) is -4.61. The maximum Gasteiger partial charge on any atom is 0.481 e. The SMILES string of the molecule is Cc1c(C)c(S(=O)(=O)NC(N)=NCCC[C@H](NC(=O)CCCCCC(=O)O)C(=O)NCCCCC(=O)NCc2ccc(C(=O)N[C@H](C)C(=O)N3CCC[C@H]3B3OC4C[C@@H]5C[C@@H](C5(C)C)[C@]4(C)O3)cc2)c(C)c2c1OC(C)(C)C2. The van der Waals surface area contributed by atoms with Gasteiger partial charge in [-0.1, -0.05) is 32.4 Å². The fourth-order valence-electron chi connectivity index (χ4n) is 12.4. The molecule has 0 spiro atoms. The highest BCUT2D eigenvalue weighted by Crippen LogP contribution is 2.66. The molecule has 7 atom stereocenters. The molecule has 8 rings (SSSR count). The number of aliphatic imine (C=N–C) groups is 1. The normalized spacial score (nSPS) is 23.5. The van der Waals surface area contributed by atoms with Crippen LogP contribution in [0.5, 0.6) is 5.75 Å². The van der Waals surface area contributed by atoms with Crippen LogP contribution in [0.2, 0.25) is 0 Å². The molecule has 2 bridgehead atoms. The number of carbonyl (C=O) groups excluding carboxylic acids is 5. The van der Waals surface area contributed by atoms with Crippen molar-refractivity contribution in [2.24, 2.45) is 28.0 Å². The van der Waals surface area contributed by atoms with E-state index >= 15 is 0 Å². The number of carboxylic acids is 1. The predicted molar refractivity (Wildman–Crippen MR) is 295 cm³/mol. The molecule has 3 aliphatic carbocycles. The number of hydrogen-bond acceptors (Lipinski definition) is 12. The summed E-state index contributed by atoms with van der Waals surface area (Å²) in [6.07, 6.45) is 7.39. The molecule has 78 heavy (non-hydrogen) atoms. The Morgan fingerprint density at radius 3 is 2.27 bits per heavy atom. The number of aliphatic carboxylic acids is 1. The number of nitrogens with two attached hydrogens (primary N) is 1. The lowest BCUT2D eigenvalue weighted by atomic mass is 9.43. The molecule has 0 radical (unpaired) electrons. The summed E-state index contributed by atoms with van der Waals surface area (Å²) in [5, 5.41) is 20.3. The summed E-state index contributed by atoms with van der Waals surface area (Å²) in [4.78, 5) is 83.3. The number of fused-ring (bicyclic) bond motifs is 1. The second-order valence-electron chi connectivity index (χ2n) is 23.6. The van der Waals surface area contributed by atoms with Crippen LogP contribution in [0.3, 0.4) is 0 Å². The molecule has 2 aromatic rings. The van der Waals surface area contributed by atoms with E-state index in [1.807, 2.05) is 25.7 Å². The van der Waals surface area contributed by atoms with Crippen LogP contribution in [0.15, 0.2) is 34.2 Å². The van der Waals surface area contributed by atoms with Gasteiger partial charge >= 0.3 is 13.1 Å². The number of nitrogens with zero attached hydrogens (tertiary/aromatic N) is 2. The van der Waals surface area contributed by atoms with Gasteiger partial charge in [0.05, 0.1) is 22.5 Å². The van der Waals surface area contributed by atoms with E-state index in [0.29, 0.717) is 79.3 Å². The van der Waals surface area contributed by atoms with Gasteiger partial charge in [-0.3, -0.25) is 33.8 Å². The number of unbranched alkanes of at least 4 members (excludes halogenated alkanes) is 3. The zero-order valence-electron chi connectivity index (χ0n) is 47.1. The van der Waals surface area contributed by atoms with Crippen LogP contribution < -0.4 is 36.5 Å². The minimum absolute atomic E-state index is 0.00215. The summed E-state index contributed by atoms with van der Waals surface area (Å²) in [6, 6.07) is 5.11. The number of amides is 5. The average molecular weight is 1100 g/mol. The predicted octanol–water partition coefficient (Wildman–Crippen LogP) is 5.20. The van der Waals surface area contributed by atoms with Gasteiger partial charge in [0.2, 0.25) is 29.6 Å². The molecule has 5 fully saturated rings. The van der Waals surface area contributed by atoms with Gasteiger partial charge in [-0.05, 0) is 164 Å². The Labute approximate surface area is 460 Å². The van der Waals surface area contributed by atoms with E-state index < -0.39 is 46.7 Å². The molecule has 2 aromatic carbocycles. The van der Waals surface area contributed by atoms with Gasteiger partial charge in [-0.15, -0.1) is 0 Å². The molecule has 8 N–H and O–H groups in total. The number of carbonyl (C=O) groups is 6. The first-order chi connectivity index (χ1) is 36.7. The molecule has 6 aliphatic rings. The monoisotopic (exact) mass is 1100 g/mol. The van der Waals surface area contributed by atoms with Gasteiger partial charge in [-0.25, -0.2) is 13.1 Å². The van der Waals surface area contributed by atoms with Crippen molar-refractivity contribution in [1.29, 1.82) is 0 Å². The largest absolute Gasteiger partial charge is 0.487 e. The third kappa shape index (κ3) is 13.8. The van der Waals surface area contributed by atoms with Crippen LogP contribution >= 0.6 is 0 Å². The number of carboxylic acid groups (broad SMARTS) is 1. The second-order valence-corrected chi connectivity index (χ2v) is 25.3. The topological polar surface area (TPSA) is 286 Å². The molecular weight excluding hydrogens is 1020 g/mol. The third-order valence-corrected chi connectivity index (χ3v) is 18.7. The molecule has 2 saturated heterocycles. The van der Waals surface area contributed by atoms with E-state index in [9.17, 15) is 37.2 Å². The number of ether oxygens (including phenoxy) is 1. The van der Waals surface area contributed by atoms with Crippen LogP contribution in [-0.4, -0.2) is 122 Å². The van der Waals surface area contributed by atoms with E-state index in [2.05, 4.69) is 51.8 Å². The fourth-order valence-corrected chi connectivity index (χ4v) is 14.0. The second kappa shape index (κ2) is 24.7. The Bertz CT molecular complexity index is 2740. The molecule has 0 aromatic heterocycles. The van der Waals surface area contributed by atoms with E-state index in [4.69, 9.17) is 24.9 Å². The van der Waals surface area contributed by atoms with Crippen LogP contribution in [0.1, 0.15) is 170 Å². The summed E-state index contributed by atoms with van der Waals surface area (Å²) < 4.78 is 49.1. The lowest BCUT2D eigenvalue weighted by Crippen LogP contribution is -2.65. The van der Waals surface area contributed by atoms with Gasteiger partial charge in [-0.2, -0.15) is 0 Å². The summed E-state index contributed by atoms with van der Waals surface area (Å²) in [5.41, 5.74) is 9.34. The Hall–Kier alpha value is -5.74. The number of likely N-dealkylation sites (tertiary alicyclic amines) is 1. The van der Waals surface area contributed by atoms with Crippen molar-refractivity contribution in [2.75, 3.05) is 19.6 Å². The number of guanidine groups is 1. The van der Waals surface area contributed by atoms with Gasteiger partial charge < -0.3 is 51.1 Å². The number of nitrogens with one attached hydrogen (secondary N) is 5. The van der Waals surface area contributed by atoms with Gasteiger partial charge in [0.25, 0.3) is 15.9 Å². The smallest absolute Gasteiger partial charge is 0.481 e. The first-order valence-corrected chi connectivity index (χ1v) is 29.4. The van der Waals surface area contributed by atoms with E-state index in [1.165, 1.54) is 0 Å². The molecule has 3 heterocycles. The zero-order valence-corrected chi connectivity index (χ0v) is 47.9. The van der Waals surface area contributed by atoms with Crippen LogP contribution in [-0.2, 0) is 56.3 Å².